The number of hydrogen-bond donors (Lipinski definition) is 2. The molecule has 2 rings (SSSR count). The molecular formula is C16H21ClN4O. The molecule has 0 aliphatic rings. The normalized spacial score (nSPS) is 12.0. The molecular weight excluding hydrogens is 300 g/mol. The minimum absolute atomic E-state index is 0.0648. The van der Waals surface area contributed by atoms with E-state index < -0.39 is 0 Å². The minimum Gasteiger partial charge on any atom is -0.338 e. The number of aromatic nitrogens is 2. The number of nitrogens with one attached hydrogen (secondary N) is 2. The van der Waals surface area contributed by atoms with Crippen molar-refractivity contribution in [2.24, 2.45) is 7.05 Å². The second-order valence-electron chi connectivity index (χ2n) is 5.30. The van der Waals surface area contributed by atoms with E-state index in [2.05, 4.69) is 15.7 Å². The molecule has 1 aromatic heterocycles. The first-order valence-electron chi connectivity index (χ1n) is 7.32. The number of nitrogens with zero attached hydrogens (tertiary/aromatic N) is 2. The number of halogens is 1. The summed E-state index contributed by atoms with van der Waals surface area (Å²) in [7, 11) is 1.85. The third-order valence-corrected chi connectivity index (χ3v) is 3.67. The van der Waals surface area contributed by atoms with Crippen LogP contribution in [0.1, 0.15) is 30.5 Å². The highest BCUT2D eigenvalue weighted by Gasteiger charge is 2.10. The summed E-state index contributed by atoms with van der Waals surface area (Å²) in [5.74, 6) is 0. The molecule has 1 aromatic carbocycles. The molecule has 2 N–H and O–H groups in total. The molecule has 6 heteroatoms. The van der Waals surface area contributed by atoms with Crippen molar-refractivity contribution in [2.75, 3.05) is 6.54 Å². The van der Waals surface area contributed by atoms with Crippen LogP contribution in [0.4, 0.5) is 4.79 Å². The van der Waals surface area contributed by atoms with Gasteiger partial charge in [0.15, 0.2) is 0 Å². The van der Waals surface area contributed by atoms with Gasteiger partial charge in [-0.15, -0.1) is 0 Å². The monoisotopic (exact) mass is 320 g/mol. The maximum Gasteiger partial charge on any atom is 0.315 e. The minimum atomic E-state index is -0.160. The molecule has 118 valence electrons. The molecule has 2 amide bonds. The van der Waals surface area contributed by atoms with Gasteiger partial charge in [0.25, 0.3) is 0 Å². The average Bonchev–Trinajstić information content (AvgIpc) is 2.92. The maximum absolute atomic E-state index is 11.8. The van der Waals surface area contributed by atoms with E-state index in [0.717, 1.165) is 23.4 Å². The molecule has 22 heavy (non-hydrogen) atoms. The van der Waals surface area contributed by atoms with Crippen molar-refractivity contribution in [3.63, 3.8) is 0 Å². The lowest BCUT2D eigenvalue weighted by molar-refractivity contribution is 0.238. The Morgan fingerprint density at radius 3 is 2.73 bits per heavy atom. The van der Waals surface area contributed by atoms with Crippen LogP contribution in [0, 0.1) is 0 Å². The Labute approximate surface area is 135 Å². The summed E-state index contributed by atoms with van der Waals surface area (Å²) in [6, 6.07) is 7.55. The van der Waals surface area contributed by atoms with Crippen molar-refractivity contribution in [3.05, 3.63) is 52.8 Å². The zero-order chi connectivity index (χ0) is 15.9. The summed E-state index contributed by atoms with van der Waals surface area (Å²) in [5.41, 5.74) is 2.20. The van der Waals surface area contributed by atoms with Crippen molar-refractivity contribution in [2.45, 2.75) is 25.8 Å². The van der Waals surface area contributed by atoms with Gasteiger partial charge in [-0.1, -0.05) is 23.7 Å². The lowest BCUT2D eigenvalue weighted by Gasteiger charge is -2.13. The number of aryl methyl sites for hydroxylation is 2. The average molecular weight is 321 g/mol. The van der Waals surface area contributed by atoms with Crippen LogP contribution in [0.15, 0.2) is 36.7 Å². The molecule has 0 bridgehead atoms. The second kappa shape index (κ2) is 7.84. The van der Waals surface area contributed by atoms with Crippen LogP contribution in [0.2, 0.25) is 5.02 Å². The van der Waals surface area contributed by atoms with Gasteiger partial charge in [0, 0.05) is 30.4 Å². The highest BCUT2D eigenvalue weighted by atomic mass is 35.5. The molecule has 0 aliphatic carbocycles. The first kappa shape index (κ1) is 16.4. The summed E-state index contributed by atoms with van der Waals surface area (Å²) < 4.78 is 1.72. The summed E-state index contributed by atoms with van der Waals surface area (Å²) >= 11 is 5.84. The molecule has 1 heterocycles. The molecule has 0 saturated carbocycles. The quantitative estimate of drug-likeness (QED) is 0.804. The summed E-state index contributed by atoms with van der Waals surface area (Å²) in [6.45, 7) is 2.57. The Morgan fingerprint density at radius 1 is 1.36 bits per heavy atom. The highest BCUT2D eigenvalue weighted by Crippen LogP contribution is 2.11. The van der Waals surface area contributed by atoms with E-state index in [1.165, 1.54) is 5.56 Å². The number of hydrogen-bond acceptors (Lipinski definition) is 2. The van der Waals surface area contributed by atoms with Crippen LogP contribution in [-0.4, -0.2) is 22.4 Å². The molecule has 0 aliphatic heterocycles. The lowest BCUT2D eigenvalue weighted by atomic mass is 10.1. The van der Waals surface area contributed by atoms with Crippen molar-refractivity contribution in [3.8, 4) is 0 Å². The molecule has 2 aromatic rings. The third kappa shape index (κ3) is 5.07. The van der Waals surface area contributed by atoms with Crippen LogP contribution in [0.25, 0.3) is 0 Å². The first-order chi connectivity index (χ1) is 10.5. The van der Waals surface area contributed by atoms with Gasteiger partial charge in [-0.25, -0.2) is 4.79 Å². The van der Waals surface area contributed by atoms with Crippen LogP contribution in [0.5, 0.6) is 0 Å². The molecule has 1 atom stereocenters. The lowest BCUT2D eigenvalue weighted by Crippen LogP contribution is -2.37. The van der Waals surface area contributed by atoms with Crippen LogP contribution >= 0.6 is 11.6 Å². The number of carbonyl (C=O) groups excluding carboxylic acids is 1. The Morgan fingerprint density at radius 2 is 2.09 bits per heavy atom. The fraction of sp³-hybridized carbons (Fsp3) is 0.375. The van der Waals surface area contributed by atoms with Crippen molar-refractivity contribution < 1.29 is 4.79 Å². The van der Waals surface area contributed by atoms with Crippen molar-refractivity contribution in [1.29, 1.82) is 0 Å². The molecule has 0 spiro atoms. The fourth-order valence-electron chi connectivity index (χ4n) is 2.14. The highest BCUT2D eigenvalue weighted by molar-refractivity contribution is 6.30. The smallest absolute Gasteiger partial charge is 0.315 e. The van der Waals surface area contributed by atoms with Gasteiger partial charge < -0.3 is 10.6 Å². The van der Waals surface area contributed by atoms with E-state index in [1.807, 2.05) is 44.4 Å². The van der Waals surface area contributed by atoms with Crippen molar-refractivity contribution >= 4 is 17.6 Å². The molecule has 0 saturated heterocycles. The van der Waals surface area contributed by atoms with Crippen LogP contribution < -0.4 is 10.6 Å². The van der Waals surface area contributed by atoms with Gasteiger partial charge in [0.1, 0.15) is 0 Å². The zero-order valence-electron chi connectivity index (χ0n) is 12.8. The van der Waals surface area contributed by atoms with E-state index in [9.17, 15) is 4.79 Å². The van der Waals surface area contributed by atoms with Crippen molar-refractivity contribution in [1.82, 2.24) is 20.4 Å². The van der Waals surface area contributed by atoms with Gasteiger partial charge in [0.05, 0.1) is 12.2 Å². The number of urea groups is 1. The second-order valence-corrected chi connectivity index (χ2v) is 5.74. The predicted octanol–water partition coefficient (Wildman–Crippen LogP) is 3.07. The van der Waals surface area contributed by atoms with E-state index in [4.69, 9.17) is 11.6 Å². The van der Waals surface area contributed by atoms with Gasteiger partial charge in [0.2, 0.25) is 0 Å². The van der Waals surface area contributed by atoms with Crippen LogP contribution in [0.3, 0.4) is 0 Å². The molecule has 5 nitrogen and oxygen atoms in total. The first-order valence-corrected chi connectivity index (χ1v) is 7.70. The number of benzene rings is 1. The summed E-state index contributed by atoms with van der Waals surface area (Å²) in [4.78, 5) is 11.8. The molecule has 0 radical (unpaired) electrons. The third-order valence-electron chi connectivity index (χ3n) is 3.41. The largest absolute Gasteiger partial charge is 0.338 e. The zero-order valence-corrected chi connectivity index (χ0v) is 13.6. The maximum atomic E-state index is 11.8. The number of amides is 2. The Hall–Kier alpha value is -2.01. The SMILES string of the molecule is C[C@H](NC(=O)NCCCc1ccc(Cl)cc1)c1cnn(C)c1. The fourth-order valence-corrected chi connectivity index (χ4v) is 2.27. The van der Waals surface area contributed by atoms with Crippen LogP contribution in [-0.2, 0) is 13.5 Å². The Balaban J connectivity index is 1.66. The standard InChI is InChI=1S/C16H21ClN4O/c1-12(14-10-19-21(2)11-14)20-16(22)18-9-3-4-13-5-7-15(17)8-6-13/h5-8,10-12H,3-4,9H2,1-2H3,(H2,18,20,22)/t12-/m0/s1. The van der Waals surface area contributed by atoms with E-state index in [1.54, 1.807) is 10.9 Å². The summed E-state index contributed by atoms with van der Waals surface area (Å²) in [5, 5.41) is 10.6. The Bertz CT molecular complexity index is 609. The number of carbonyl (C=O) groups is 1. The van der Waals surface area contributed by atoms with Gasteiger partial charge >= 0.3 is 6.03 Å². The van der Waals surface area contributed by atoms with E-state index in [0.29, 0.717) is 6.54 Å². The predicted molar refractivity (Wildman–Crippen MR) is 87.9 cm³/mol. The Kier molecular flexibility index (Phi) is 5.83. The molecule has 0 unspecified atom stereocenters. The molecule has 0 fully saturated rings. The topological polar surface area (TPSA) is 59.0 Å². The van der Waals surface area contributed by atoms with Gasteiger partial charge in [-0.3, -0.25) is 4.68 Å². The van der Waals surface area contributed by atoms with E-state index >= 15 is 0 Å². The summed E-state index contributed by atoms with van der Waals surface area (Å²) in [6.07, 6.45) is 5.45. The van der Waals surface area contributed by atoms with E-state index in [-0.39, 0.29) is 12.1 Å². The van der Waals surface area contributed by atoms with Gasteiger partial charge in [-0.05, 0) is 37.5 Å². The van der Waals surface area contributed by atoms with Gasteiger partial charge in [-0.2, -0.15) is 5.10 Å². The number of rotatable bonds is 6.